The molecule has 8 nitrogen and oxygen atoms in total. The van der Waals surface area contributed by atoms with Crippen molar-refractivity contribution in [1.29, 1.82) is 0 Å². The molecule has 0 aliphatic heterocycles. The first-order valence-electron chi connectivity index (χ1n) is 8.93. The van der Waals surface area contributed by atoms with Crippen molar-refractivity contribution < 1.29 is 27.4 Å². The Hall–Kier alpha value is -2.49. The van der Waals surface area contributed by atoms with Gasteiger partial charge in [-0.25, -0.2) is 8.42 Å². The van der Waals surface area contributed by atoms with E-state index in [9.17, 15) is 13.2 Å². The fourth-order valence-electron chi connectivity index (χ4n) is 2.76. The van der Waals surface area contributed by atoms with Crippen molar-refractivity contribution in [2.45, 2.75) is 13.1 Å². The fourth-order valence-corrected chi connectivity index (χ4v) is 3.68. The molecule has 2 rings (SSSR count). The van der Waals surface area contributed by atoms with Gasteiger partial charge in [-0.15, -0.1) is 0 Å². The van der Waals surface area contributed by atoms with Crippen LogP contribution < -0.4 is 19.5 Å². The van der Waals surface area contributed by atoms with Crippen molar-refractivity contribution >= 4 is 27.5 Å². The maximum Gasteiger partial charge on any atom is 0.235 e. The summed E-state index contributed by atoms with van der Waals surface area (Å²) in [4.78, 5) is 12.4. The third-order valence-electron chi connectivity index (χ3n) is 4.31. The SMILES string of the molecule is COc1cc(CNC(=O)CN(Cc2ccccc2Cl)S(C)(=O)=O)cc(OC)c1OC. The van der Waals surface area contributed by atoms with Crippen LogP contribution in [0.4, 0.5) is 0 Å². The predicted molar refractivity (Wildman–Crippen MR) is 115 cm³/mol. The quantitative estimate of drug-likeness (QED) is 0.590. The first-order valence-corrected chi connectivity index (χ1v) is 11.2. The summed E-state index contributed by atoms with van der Waals surface area (Å²) in [6, 6.07) is 10.3. The molecule has 0 heterocycles. The molecule has 10 heteroatoms. The molecule has 0 saturated carbocycles. The highest BCUT2D eigenvalue weighted by Gasteiger charge is 2.21. The minimum atomic E-state index is -3.63. The van der Waals surface area contributed by atoms with Crippen LogP contribution in [0.3, 0.4) is 0 Å². The zero-order valence-corrected chi connectivity index (χ0v) is 18.8. The van der Waals surface area contributed by atoms with Crippen LogP contribution in [0.25, 0.3) is 0 Å². The second-order valence-electron chi connectivity index (χ2n) is 6.43. The fraction of sp³-hybridized carbons (Fsp3) is 0.350. The summed E-state index contributed by atoms with van der Waals surface area (Å²) >= 11 is 6.12. The smallest absolute Gasteiger partial charge is 0.235 e. The highest BCUT2D eigenvalue weighted by atomic mass is 35.5. The van der Waals surface area contributed by atoms with Gasteiger partial charge in [0.1, 0.15) is 0 Å². The van der Waals surface area contributed by atoms with Crippen molar-refractivity contribution in [2.75, 3.05) is 34.1 Å². The standard InChI is InChI=1S/C20H25ClN2O6S/c1-27-17-9-14(10-18(28-2)20(17)29-3)11-22-19(24)13-23(30(4,25)26)12-15-7-5-6-8-16(15)21/h5-10H,11-13H2,1-4H3,(H,22,24). The molecule has 0 aliphatic carbocycles. The number of nitrogens with one attached hydrogen (secondary N) is 1. The van der Waals surface area contributed by atoms with Crippen LogP contribution in [0, 0.1) is 0 Å². The van der Waals surface area contributed by atoms with E-state index < -0.39 is 15.9 Å². The molecule has 1 amide bonds. The number of hydrogen-bond acceptors (Lipinski definition) is 6. The number of benzene rings is 2. The van der Waals surface area contributed by atoms with Gasteiger partial charge in [-0.2, -0.15) is 4.31 Å². The average molecular weight is 457 g/mol. The predicted octanol–water partition coefficient (Wildman–Crippen LogP) is 2.44. The number of sulfonamides is 1. The first-order chi connectivity index (χ1) is 14.2. The van der Waals surface area contributed by atoms with E-state index >= 15 is 0 Å². The van der Waals surface area contributed by atoms with Crippen molar-refractivity contribution in [2.24, 2.45) is 0 Å². The third kappa shape index (κ3) is 6.25. The molecule has 0 aliphatic rings. The Bertz CT molecular complexity index is 972. The largest absolute Gasteiger partial charge is 0.493 e. The molecule has 0 radical (unpaired) electrons. The molecule has 0 atom stereocenters. The molecule has 0 saturated heterocycles. The Morgan fingerprint density at radius 3 is 2.17 bits per heavy atom. The van der Waals surface area contributed by atoms with Crippen LogP contribution in [0.5, 0.6) is 17.2 Å². The van der Waals surface area contributed by atoms with Crippen LogP contribution in [0.2, 0.25) is 5.02 Å². The number of ether oxygens (including phenoxy) is 3. The lowest BCUT2D eigenvalue weighted by atomic mass is 10.1. The molecule has 164 valence electrons. The Balaban J connectivity index is 2.10. The Morgan fingerprint density at radius 1 is 1.07 bits per heavy atom. The van der Waals surface area contributed by atoms with E-state index in [1.807, 2.05) is 0 Å². The van der Waals surface area contributed by atoms with Crippen LogP contribution in [0.1, 0.15) is 11.1 Å². The number of halogens is 1. The Kier molecular flexibility index (Phi) is 8.33. The molecular formula is C20H25ClN2O6S. The number of amides is 1. The van der Waals surface area contributed by atoms with Crippen LogP contribution >= 0.6 is 11.6 Å². The van der Waals surface area contributed by atoms with Crippen molar-refractivity contribution in [1.82, 2.24) is 9.62 Å². The third-order valence-corrected chi connectivity index (χ3v) is 5.87. The van der Waals surface area contributed by atoms with Gasteiger partial charge in [-0.3, -0.25) is 4.79 Å². The monoisotopic (exact) mass is 456 g/mol. The lowest BCUT2D eigenvalue weighted by molar-refractivity contribution is -0.121. The van der Waals surface area contributed by atoms with Gasteiger partial charge in [0.25, 0.3) is 0 Å². The van der Waals surface area contributed by atoms with E-state index in [4.69, 9.17) is 25.8 Å². The van der Waals surface area contributed by atoms with Crippen molar-refractivity contribution in [3.8, 4) is 17.2 Å². The van der Waals surface area contributed by atoms with Gasteiger partial charge in [0.15, 0.2) is 11.5 Å². The molecule has 1 N–H and O–H groups in total. The normalized spacial score (nSPS) is 11.3. The average Bonchev–Trinajstić information content (AvgIpc) is 2.71. The summed E-state index contributed by atoms with van der Waals surface area (Å²) < 4.78 is 41.2. The highest BCUT2D eigenvalue weighted by Crippen LogP contribution is 2.38. The van der Waals surface area contributed by atoms with E-state index in [-0.39, 0.29) is 19.6 Å². The van der Waals surface area contributed by atoms with Gasteiger partial charge in [-0.1, -0.05) is 29.8 Å². The van der Waals surface area contributed by atoms with E-state index in [0.717, 1.165) is 10.6 Å². The molecule has 2 aromatic rings. The number of hydrogen-bond donors (Lipinski definition) is 1. The number of nitrogens with zero attached hydrogens (tertiary/aromatic N) is 1. The lowest BCUT2D eigenvalue weighted by Crippen LogP contribution is -2.39. The van der Waals surface area contributed by atoms with E-state index in [1.165, 1.54) is 21.3 Å². The summed E-state index contributed by atoms with van der Waals surface area (Å²) in [6.07, 6.45) is 1.05. The highest BCUT2D eigenvalue weighted by molar-refractivity contribution is 7.88. The summed E-state index contributed by atoms with van der Waals surface area (Å²) in [5, 5.41) is 3.15. The number of carbonyl (C=O) groups is 1. The lowest BCUT2D eigenvalue weighted by Gasteiger charge is -2.20. The molecule has 0 fully saturated rings. The maximum atomic E-state index is 12.4. The van der Waals surface area contributed by atoms with Crippen LogP contribution in [0.15, 0.2) is 36.4 Å². The zero-order chi connectivity index (χ0) is 22.3. The molecule has 30 heavy (non-hydrogen) atoms. The summed E-state index contributed by atoms with van der Waals surface area (Å²) in [5.41, 5.74) is 1.32. The molecule has 0 bridgehead atoms. The summed E-state index contributed by atoms with van der Waals surface area (Å²) in [5.74, 6) is 0.898. The second-order valence-corrected chi connectivity index (χ2v) is 8.82. The van der Waals surface area contributed by atoms with Crippen molar-refractivity contribution in [3.05, 3.63) is 52.5 Å². The molecule has 2 aromatic carbocycles. The molecule has 0 aromatic heterocycles. The van der Waals surface area contributed by atoms with Crippen LogP contribution in [-0.2, 0) is 27.9 Å². The van der Waals surface area contributed by atoms with E-state index in [0.29, 0.717) is 33.4 Å². The molecule has 0 spiro atoms. The zero-order valence-electron chi connectivity index (χ0n) is 17.3. The second kappa shape index (κ2) is 10.5. The Labute approximate surface area is 181 Å². The number of rotatable bonds is 10. The molecule has 0 unspecified atom stereocenters. The van der Waals surface area contributed by atoms with E-state index in [1.54, 1.807) is 36.4 Å². The van der Waals surface area contributed by atoms with Crippen molar-refractivity contribution in [3.63, 3.8) is 0 Å². The van der Waals surface area contributed by atoms with Crippen LogP contribution in [-0.4, -0.2) is 52.8 Å². The van der Waals surface area contributed by atoms with Gasteiger partial charge < -0.3 is 19.5 Å². The van der Waals surface area contributed by atoms with Gasteiger partial charge in [-0.05, 0) is 29.3 Å². The topological polar surface area (TPSA) is 94.2 Å². The minimum Gasteiger partial charge on any atom is -0.493 e. The minimum absolute atomic E-state index is 0.00386. The Morgan fingerprint density at radius 2 is 1.67 bits per heavy atom. The van der Waals surface area contributed by atoms with Gasteiger partial charge >= 0.3 is 0 Å². The van der Waals surface area contributed by atoms with Gasteiger partial charge in [0.2, 0.25) is 21.7 Å². The number of methoxy groups -OCH3 is 3. The maximum absolute atomic E-state index is 12.4. The van der Waals surface area contributed by atoms with Gasteiger partial charge in [0, 0.05) is 18.1 Å². The summed E-state index contributed by atoms with van der Waals surface area (Å²) in [6.45, 7) is -0.191. The molecular weight excluding hydrogens is 432 g/mol. The summed E-state index contributed by atoms with van der Waals surface area (Å²) in [7, 11) is 0.866. The number of carbonyl (C=O) groups excluding carboxylic acids is 1. The van der Waals surface area contributed by atoms with Gasteiger partial charge in [0.05, 0.1) is 34.1 Å². The van der Waals surface area contributed by atoms with E-state index in [2.05, 4.69) is 5.32 Å². The first kappa shape index (κ1) is 23.8.